The highest BCUT2D eigenvalue weighted by atomic mass is 19.1. The zero-order valence-corrected chi connectivity index (χ0v) is 19.7. The molecule has 2 fully saturated rings. The van der Waals surface area contributed by atoms with Gasteiger partial charge in [-0.3, -0.25) is 0 Å². The van der Waals surface area contributed by atoms with Crippen molar-refractivity contribution in [2.75, 3.05) is 0 Å². The molecule has 168 valence electrons. The number of hydrogen-bond donors (Lipinski definition) is 0. The highest BCUT2D eigenvalue weighted by molar-refractivity contribution is 5.65. The smallest absolute Gasteiger partial charge is 0.131 e. The fourth-order valence-corrected chi connectivity index (χ4v) is 6.34. The first-order valence-corrected chi connectivity index (χ1v) is 13.1. The highest BCUT2D eigenvalue weighted by Crippen LogP contribution is 2.40. The van der Waals surface area contributed by atoms with Gasteiger partial charge in [0, 0.05) is 5.56 Å². The topological polar surface area (TPSA) is 0 Å². The molecule has 0 amide bonds. The van der Waals surface area contributed by atoms with E-state index in [0.29, 0.717) is 11.8 Å². The largest absolute Gasteiger partial charge is 0.206 e. The van der Waals surface area contributed by atoms with Crippen LogP contribution in [0.2, 0.25) is 0 Å². The van der Waals surface area contributed by atoms with Gasteiger partial charge in [-0.25, -0.2) is 4.39 Å². The van der Waals surface area contributed by atoms with Crippen LogP contribution in [-0.4, -0.2) is 0 Å². The molecule has 0 bridgehead atoms. The zero-order chi connectivity index (χ0) is 21.6. The van der Waals surface area contributed by atoms with Crippen LogP contribution in [0.3, 0.4) is 0 Å². The van der Waals surface area contributed by atoms with E-state index >= 15 is 4.39 Å². The van der Waals surface area contributed by atoms with Crippen molar-refractivity contribution in [3.05, 3.63) is 59.4 Å². The van der Waals surface area contributed by atoms with Gasteiger partial charge in [0.2, 0.25) is 0 Å². The molecule has 2 saturated carbocycles. The third kappa shape index (κ3) is 5.60. The molecule has 0 N–H and O–H groups in total. The maximum atomic E-state index is 15.1. The van der Waals surface area contributed by atoms with Gasteiger partial charge in [0.15, 0.2) is 0 Å². The van der Waals surface area contributed by atoms with Crippen molar-refractivity contribution in [1.82, 2.24) is 0 Å². The van der Waals surface area contributed by atoms with E-state index < -0.39 is 0 Å². The molecule has 2 aliphatic carbocycles. The average Bonchev–Trinajstić information content (AvgIpc) is 2.81. The predicted molar refractivity (Wildman–Crippen MR) is 131 cm³/mol. The van der Waals surface area contributed by atoms with Crippen LogP contribution in [0, 0.1) is 17.7 Å². The SMILES string of the molecule is CCCC1CCC(c2ccc(-c3ccc([C@H]4CC[C@H](CCC)CC4)cc3)c(F)c2)CC1. The van der Waals surface area contributed by atoms with Gasteiger partial charge in [-0.2, -0.15) is 0 Å². The van der Waals surface area contributed by atoms with E-state index in [-0.39, 0.29) is 5.82 Å². The summed E-state index contributed by atoms with van der Waals surface area (Å²) in [5.41, 5.74) is 4.41. The van der Waals surface area contributed by atoms with Crippen LogP contribution in [0.5, 0.6) is 0 Å². The van der Waals surface area contributed by atoms with Gasteiger partial charge in [-0.05, 0) is 97.8 Å². The van der Waals surface area contributed by atoms with Gasteiger partial charge < -0.3 is 0 Å². The van der Waals surface area contributed by atoms with Crippen molar-refractivity contribution in [3.8, 4) is 11.1 Å². The van der Waals surface area contributed by atoms with Crippen molar-refractivity contribution < 1.29 is 4.39 Å². The second-order valence-electron chi connectivity index (χ2n) is 10.4. The maximum Gasteiger partial charge on any atom is 0.131 e. The Morgan fingerprint density at radius 1 is 0.645 bits per heavy atom. The molecule has 4 rings (SSSR count). The molecular weight excluding hydrogens is 379 g/mol. The maximum absolute atomic E-state index is 15.1. The Labute approximate surface area is 189 Å². The van der Waals surface area contributed by atoms with E-state index in [2.05, 4.69) is 44.2 Å². The predicted octanol–water partition coefficient (Wildman–Crippen LogP) is 9.64. The van der Waals surface area contributed by atoms with Crippen molar-refractivity contribution in [2.24, 2.45) is 11.8 Å². The van der Waals surface area contributed by atoms with Crippen molar-refractivity contribution in [1.29, 1.82) is 0 Å². The molecule has 2 aromatic carbocycles. The van der Waals surface area contributed by atoms with Crippen molar-refractivity contribution in [2.45, 2.75) is 103 Å². The second-order valence-corrected chi connectivity index (χ2v) is 10.4. The first kappa shape index (κ1) is 22.6. The van der Waals surface area contributed by atoms with Gasteiger partial charge in [0.05, 0.1) is 0 Å². The molecule has 0 atom stereocenters. The molecule has 0 nitrogen and oxygen atoms in total. The van der Waals surface area contributed by atoms with Gasteiger partial charge in [0.25, 0.3) is 0 Å². The van der Waals surface area contributed by atoms with Gasteiger partial charge in [-0.1, -0.05) is 75.9 Å². The second kappa shape index (κ2) is 10.8. The number of hydrogen-bond acceptors (Lipinski definition) is 0. The summed E-state index contributed by atoms with van der Waals surface area (Å²) in [6, 6.07) is 14.8. The molecule has 0 aromatic heterocycles. The first-order chi connectivity index (χ1) is 15.2. The van der Waals surface area contributed by atoms with E-state index in [0.717, 1.165) is 23.0 Å². The summed E-state index contributed by atoms with van der Waals surface area (Å²) < 4.78 is 15.1. The Morgan fingerprint density at radius 3 is 1.61 bits per heavy atom. The van der Waals surface area contributed by atoms with Crippen LogP contribution < -0.4 is 0 Å². The highest BCUT2D eigenvalue weighted by Gasteiger charge is 2.23. The summed E-state index contributed by atoms with van der Waals surface area (Å²) in [6.45, 7) is 4.58. The van der Waals surface area contributed by atoms with E-state index in [9.17, 15) is 0 Å². The fraction of sp³-hybridized carbons (Fsp3) is 0.600. The lowest BCUT2D eigenvalue weighted by atomic mass is 9.77. The molecule has 2 aliphatic rings. The summed E-state index contributed by atoms with van der Waals surface area (Å²) >= 11 is 0. The zero-order valence-electron chi connectivity index (χ0n) is 19.7. The average molecular weight is 421 g/mol. The molecule has 0 spiro atoms. The molecule has 0 aliphatic heterocycles. The molecule has 31 heavy (non-hydrogen) atoms. The minimum atomic E-state index is -0.0546. The normalized spacial score (nSPS) is 26.7. The lowest BCUT2D eigenvalue weighted by molar-refractivity contribution is 0.308. The van der Waals surface area contributed by atoms with Crippen LogP contribution in [0.4, 0.5) is 4.39 Å². The molecule has 2 aromatic rings. The molecule has 0 saturated heterocycles. The number of rotatable bonds is 7. The van der Waals surface area contributed by atoms with Gasteiger partial charge in [-0.15, -0.1) is 0 Å². The van der Waals surface area contributed by atoms with E-state index in [1.165, 1.54) is 88.2 Å². The minimum absolute atomic E-state index is 0.0546. The summed E-state index contributed by atoms with van der Waals surface area (Å²) in [4.78, 5) is 0. The van der Waals surface area contributed by atoms with E-state index in [1.807, 2.05) is 12.1 Å². The summed E-state index contributed by atoms with van der Waals surface area (Å²) in [7, 11) is 0. The van der Waals surface area contributed by atoms with Crippen molar-refractivity contribution >= 4 is 0 Å². The molecular formula is C30H41F. The standard InChI is InChI=1S/C30H41F/c1-3-5-22-7-11-24(12-8-22)25-15-17-27(18-16-25)29-20-19-28(21-30(29)31)26-13-9-23(6-4-2)10-14-26/h15-24,26H,3-14H2,1-2H3/t22-,23?,24-,26?. The monoisotopic (exact) mass is 420 g/mol. The van der Waals surface area contributed by atoms with Crippen LogP contribution in [0.15, 0.2) is 42.5 Å². The first-order valence-electron chi connectivity index (χ1n) is 13.1. The third-order valence-electron chi connectivity index (χ3n) is 8.24. The minimum Gasteiger partial charge on any atom is -0.206 e. The molecule has 0 radical (unpaired) electrons. The molecule has 0 heterocycles. The van der Waals surface area contributed by atoms with Crippen LogP contribution in [0.25, 0.3) is 11.1 Å². The number of benzene rings is 2. The van der Waals surface area contributed by atoms with Crippen LogP contribution in [-0.2, 0) is 0 Å². The third-order valence-corrected chi connectivity index (χ3v) is 8.24. The van der Waals surface area contributed by atoms with Crippen LogP contribution in [0.1, 0.15) is 114 Å². The van der Waals surface area contributed by atoms with E-state index in [4.69, 9.17) is 0 Å². The van der Waals surface area contributed by atoms with Gasteiger partial charge >= 0.3 is 0 Å². The van der Waals surface area contributed by atoms with E-state index in [1.54, 1.807) is 0 Å². The Kier molecular flexibility index (Phi) is 7.86. The van der Waals surface area contributed by atoms with Gasteiger partial charge in [0.1, 0.15) is 5.82 Å². The van der Waals surface area contributed by atoms with Crippen LogP contribution >= 0.6 is 0 Å². The Hall–Kier alpha value is -1.63. The van der Waals surface area contributed by atoms with Crippen molar-refractivity contribution in [3.63, 3.8) is 0 Å². The molecule has 0 unspecified atom stereocenters. The Balaban J connectivity index is 1.39. The number of halogens is 1. The Morgan fingerprint density at radius 2 is 1.13 bits per heavy atom. The summed E-state index contributed by atoms with van der Waals surface area (Å²) in [5, 5.41) is 0. The lowest BCUT2D eigenvalue weighted by Crippen LogP contribution is -2.13. The Bertz CT molecular complexity index is 805. The molecule has 1 heteroatoms. The lowest BCUT2D eigenvalue weighted by Gasteiger charge is -2.29. The quantitative estimate of drug-likeness (QED) is 0.418. The summed E-state index contributed by atoms with van der Waals surface area (Å²) in [6.07, 6.45) is 15.8. The fourth-order valence-electron chi connectivity index (χ4n) is 6.34. The summed E-state index contributed by atoms with van der Waals surface area (Å²) in [5.74, 6) is 3.01.